The minimum Gasteiger partial charge on any atom is -0.352 e. The first-order valence-corrected chi connectivity index (χ1v) is 6.52. The molecule has 10 heteroatoms. The first kappa shape index (κ1) is 16.7. The summed E-state index contributed by atoms with van der Waals surface area (Å²) < 4.78 is 51.5. The summed E-state index contributed by atoms with van der Waals surface area (Å²) in [7, 11) is 0. The van der Waals surface area contributed by atoms with Crippen LogP contribution in [0, 0.1) is 5.82 Å². The molecule has 0 aliphatic carbocycles. The molecule has 2 aromatic rings. The van der Waals surface area contributed by atoms with Gasteiger partial charge in [-0.05, 0) is 6.07 Å². The molecule has 6 nitrogen and oxygen atoms in total. The van der Waals surface area contributed by atoms with Gasteiger partial charge in [-0.15, -0.1) is 0 Å². The van der Waals surface area contributed by atoms with Gasteiger partial charge in [-0.25, -0.2) is 14.3 Å². The Balaban J connectivity index is 1.93. The third kappa shape index (κ3) is 4.41. The zero-order valence-electron chi connectivity index (χ0n) is 11.6. The van der Waals surface area contributed by atoms with Gasteiger partial charge in [-0.3, -0.25) is 9.78 Å². The van der Waals surface area contributed by atoms with Gasteiger partial charge in [0.25, 0.3) is 0 Å². The van der Waals surface area contributed by atoms with Crippen LogP contribution >= 0.6 is 0 Å². The molecule has 1 amide bonds. The summed E-state index contributed by atoms with van der Waals surface area (Å²) in [5, 5.41) is 8.05. The maximum Gasteiger partial charge on any atom is 0.419 e. The smallest absolute Gasteiger partial charge is 0.352 e. The van der Waals surface area contributed by atoms with Crippen LogP contribution in [0.4, 0.5) is 17.6 Å². The zero-order chi connectivity index (χ0) is 17.0. The van der Waals surface area contributed by atoms with Gasteiger partial charge < -0.3 is 5.32 Å². The molecule has 0 atom stereocenters. The van der Waals surface area contributed by atoms with Gasteiger partial charge >= 0.3 is 11.9 Å². The number of halogens is 4. The molecule has 0 radical (unpaired) electrons. The quantitative estimate of drug-likeness (QED) is 0.725. The summed E-state index contributed by atoms with van der Waals surface area (Å²) in [5.41, 5.74) is -2.15. The van der Waals surface area contributed by atoms with Gasteiger partial charge in [0, 0.05) is 24.9 Å². The predicted molar refractivity (Wildman–Crippen MR) is 70.8 cm³/mol. The predicted octanol–water partition coefficient (Wildman–Crippen LogP) is 1.50. The number of alkyl halides is 3. The maximum atomic E-state index is 13.7. The van der Waals surface area contributed by atoms with Crippen LogP contribution in [0.3, 0.4) is 0 Å². The fourth-order valence-electron chi connectivity index (χ4n) is 1.87. The summed E-state index contributed by atoms with van der Waals surface area (Å²) in [6.45, 7) is -0.369. The lowest BCUT2D eigenvalue weighted by Gasteiger charge is -2.11. The number of carbonyl (C=O) groups excluding carboxylic acids is 1. The number of carbonyl (C=O) groups is 1. The highest BCUT2D eigenvalue weighted by molar-refractivity contribution is 5.76. The molecular weight excluding hydrogens is 320 g/mol. The van der Waals surface area contributed by atoms with Gasteiger partial charge in [0.2, 0.25) is 5.91 Å². The minimum atomic E-state index is -4.80. The molecule has 1 aromatic carbocycles. The van der Waals surface area contributed by atoms with E-state index in [4.69, 9.17) is 0 Å². The van der Waals surface area contributed by atoms with Crippen molar-refractivity contribution in [2.24, 2.45) is 0 Å². The van der Waals surface area contributed by atoms with Crippen LogP contribution in [-0.2, 0) is 23.9 Å². The van der Waals surface area contributed by atoms with Gasteiger partial charge in [-0.2, -0.15) is 18.3 Å². The second-order valence-electron chi connectivity index (χ2n) is 4.68. The highest BCUT2D eigenvalue weighted by Gasteiger charge is 2.34. The second-order valence-corrected chi connectivity index (χ2v) is 4.68. The minimum absolute atomic E-state index is 0.0542. The Morgan fingerprint density at radius 3 is 2.65 bits per heavy atom. The molecule has 1 heterocycles. The maximum absolute atomic E-state index is 13.7. The summed E-state index contributed by atoms with van der Waals surface area (Å²) in [4.78, 5) is 24.7. The Morgan fingerprint density at radius 1 is 1.30 bits per heavy atom. The van der Waals surface area contributed by atoms with Crippen molar-refractivity contribution in [2.45, 2.75) is 25.6 Å². The molecule has 0 bridgehead atoms. The molecule has 0 spiro atoms. The molecule has 0 unspecified atom stereocenters. The third-order valence-electron chi connectivity index (χ3n) is 3.00. The Kier molecular flexibility index (Phi) is 4.82. The summed E-state index contributed by atoms with van der Waals surface area (Å²) in [5.74, 6) is -1.64. The Labute approximate surface area is 126 Å². The molecule has 0 fully saturated rings. The number of aryl methyl sites for hydroxylation is 1. The van der Waals surface area contributed by atoms with Crippen molar-refractivity contribution in [1.82, 2.24) is 20.5 Å². The number of nitrogens with one attached hydrogen (secondary N) is 3. The van der Waals surface area contributed by atoms with Crippen molar-refractivity contribution in [3.05, 3.63) is 51.5 Å². The number of rotatable bonds is 5. The first-order valence-electron chi connectivity index (χ1n) is 6.52. The Bertz CT molecular complexity index is 751. The molecule has 0 saturated carbocycles. The van der Waals surface area contributed by atoms with E-state index >= 15 is 0 Å². The molecule has 0 aliphatic rings. The van der Waals surface area contributed by atoms with E-state index in [0.717, 1.165) is 12.1 Å². The number of nitrogens with zero attached hydrogens (tertiary/aromatic N) is 1. The van der Waals surface area contributed by atoms with E-state index in [1.165, 1.54) is 0 Å². The van der Waals surface area contributed by atoms with E-state index < -0.39 is 29.2 Å². The van der Waals surface area contributed by atoms with E-state index in [2.05, 4.69) is 20.5 Å². The van der Waals surface area contributed by atoms with Crippen LogP contribution in [0.2, 0.25) is 0 Å². The monoisotopic (exact) mass is 332 g/mol. The molecular formula is C13H12F4N4O2. The molecule has 23 heavy (non-hydrogen) atoms. The SMILES string of the molecule is O=C(CCc1n[nH]c(=O)[nH]1)NCc1cccc(C(F)(F)F)c1F. The van der Waals surface area contributed by atoms with Crippen molar-refractivity contribution in [3.63, 3.8) is 0 Å². The third-order valence-corrected chi connectivity index (χ3v) is 3.00. The van der Waals surface area contributed by atoms with E-state index in [1.54, 1.807) is 0 Å². The van der Waals surface area contributed by atoms with E-state index in [0.29, 0.717) is 6.07 Å². The number of aromatic nitrogens is 3. The fraction of sp³-hybridized carbons (Fsp3) is 0.308. The average Bonchev–Trinajstić information content (AvgIpc) is 2.88. The van der Waals surface area contributed by atoms with Crippen LogP contribution in [0.15, 0.2) is 23.0 Å². The van der Waals surface area contributed by atoms with Crippen molar-refractivity contribution in [1.29, 1.82) is 0 Å². The molecule has 0 aliphatic heterocycles. The van der Waals surface area contributed by atoms with Crippen LogP contribution in [0.5, 0.6) is 0 Å². The van der Waals surface area contributed by atoms with Crippen LogP contribution in [-0.4, -0.2) is 21.1 Å². The second kappa shape index (κ2) is 6.63. The Morgan fingerprint density at radius 2 is 2.04 bits per heavy atom. The van der Waals surface area contributed by atoms with Crippen molar-refractivity contribution >= 4 is 5.91 Å². The molecule has 3 N–H and O–H groups in total. The lowest BCUT2D eigenvalue weighted by atomic mass is 10.1. The van der Waals surface area contributed by atoms with Gasteiger partial charge in [0.05, 0.1) is 5.56 Å². The van der Waals surface area contributed by atoms with Crippen molar-refractivity contribution in [3.8, 4) is 0 Å². The van der Waals surface area contributed by atoms with E-state index in [9.17, 15) is 27.2 Å². The fourth-order valence-corrected chi connectivity index (χ4v) is 1.87. The number of hydrogen-bond acceptors (Lipinski definition) is 3. The van der Waals surface area contributed by atoms with E-state index in [1.807, 2.05) is 0 Å². The molecule has 0 saturated heterocycles. The van der Waals surface area contributed by atoms with Crippen molar-refractivity contribution in [2.75, 3.05) is 0 Å². The standard InChI is InChI=1S/C13H12F4N4O2/c14-11-7(2-1-3-8(11)13(15,16)17)6-18-10(22)5-4-9-19-12(23)21-20-9/h1-3H,4-6H2,(H,18,22)(H2,19,20,21,23). The molecule has 1 aromatic heterocycles. The number of benzene rings is 1. The van der Waals surface area contributed by atoms with E-state index in [-0.39, 0.29) is 30.8 Å². The normalized spacial score (nSPS) is 11.5. The zero-order valence-corrected chi connectivity index (χ0v) is 11.6. The summed E-state index contributed by atoms with van der Waals surface area (Å²) in [6.07, 6.45) is -4.72. The lowest BCUT2D eigenvalue weighted by molar-refractivity contribution is -0.140. The lowest BCUT2D eigenvalue weighted by Crippen LogP contribution is -2.24. The topological polar surface area (TPSA) is 90.6 Å². The van der Waals surface area contributed by atoms with Crippen LogP contribution in [0.1, 0.15) is 23.4 Å². The Hall–Kier alpha value is -2.65. The number of hydrogen-bond donors (Lipinski definition) is 3. The average molecular weight is 332 g/mol. The first-order chi connectivity index (χ1) is 10.8. The number of amides is 1. The molecule has 2 rings (SSSR count). The van der Waals surface area contributed by atoms with Crippen molar-refractivity contribution < 1.29 is 22.4 Å². The van der Waals surface area contributed by atoms with Crippen LogP contribution in [0.25, 0.3) is 0 Å². The van der Waals surface area contributed by atoms with Gasteiger partial charge in [0.15, 0.2) is 0 Å². The number of H-pyrrole nitrogens is 2. The highest BCUT2D eigenvalue weighted by Crippen LogP contribution is 2.32. The molecule has 124 valence electrons. The summed E-state index contributed by atoms with van der Waals surface area (Å²) >= 11 is 0. The van der Waals surface area contributed by atoms with Gasteiger partial charge in [0.1, 0.15) is 11.6 Å². The van der Waals surface area contributed by atoms with Crippen LogP contribution < -0.4 is 11.0 Å². The summed E-state index contributed by atoms with van der Waals surface area (Å²) in [6, 6.07) is 2.87. The largest absolute Gasteiger partial charge is 0.419 e. The number of aromatic amines is 2. The highest BCUT2D eigenvalue weighted by atomic mass is 19.4. The van der Waals surface area contributed by atoms with Gasteiger partial charge in [-0.1, -0.05) is 12.1 Å².